The molecule has 0 amide bonds. The van der Waals surface area contributed by atoms with E-state index in [1.165, 1.54) is 28.1 Å². The van der Waals surface area contributed by atoms with Gasteiger partial charge in [-0.25, -0.2) is 4.79 Å². The molecule has 13 nitrogen and oxygen atoms in total. The van der Waals surface area contributed by atoms with Crippen molar-refractivity contribution < 1.29 is 62.1 Å². The lowest BCUT2D eigenvalue weighted by Crippen LogP contribution is -2.66. The van der Waals surface area contributed by atoms with E-state index in [-0.39, 0.29) is 19.8 Å². The van der Waals surface area contributed by atoms with Crippen LogP contribution in [0.25, 0.3) is 0 Å². The monoisotopic (exact) mass is 646 g/mol. The van der Waals surface area contributed by atoms with Crippen LogP contribution in [0.3, 0.4) is 0 Å². The lowest BCUT2D eigenvalue weighted by molar-refractivity contribution is -0.343. The van der Waals surface area contributed by atoms with Gasteiger partial charge in [0.25, 0.3) is 0 Å². The fraction of sp³-hybridized carbons (Fsp3) is 0.545. The van der Waals surface area contributed by atoms with E-state index in [0.29, 0.717) is 0 Å². The van der Waals surface area contributed by atoms with Crippen molar-refractivity contribution in [3.8, 4) is 0 Å². The topological polar surface area (TPSA) is 155 Å². The van der Waals surface area contributed by atoms with Gasteiger partial charge in [-0.1, -0.05) is 60.7 Å². The van der Waals surface area contributed by atoms with Gasteiger partial charge in [-0.2, -0.15) is 0 Å². The zero-order valence-corrected chi connectivity index (χ0v) is 26.5. The molecular weight excluding hydrogens is 604 g/mol. The Hall–Kier alpha value is -3.43. The molecule has 2 aliphatic rings. The number of esters is 3. The lowest BCUT2D eigenvalue weighted by atomic mass is 9.94. The third kappa shape index (κ3) is 9.10. The number of aliphatic hydroxyl groups excluding tert-OH is 1. The van der Waals surface area contributed by atoms with Crippen LogP contribution in [0, 0.1) is 0 Å². The first-order valence-electron chi connectivity index (χ1n) is 15.0. The largest absolute Gasteiger partial charge is 0.463 e. The maximum Gasteiger partial charge on any atom is 0.338 e. The summed E-state index contributed by atoms with van der Waals surface area (Å²) >= 11 is 0. The van der Waals surface area contributed by atoms with Crippen LogP contribution in [-0.4, -0.2) is 105 Å². The van der Waals surface area contributed by atoms with Crippen molar-refractivity contribution in [2.45, 2.75) is 95.2 Å². The van der Waals surface area contributed by atoms with Gasteiger partial charge in [0, 0.05) is 28.1 Å². The molecule has 2 aromatic rings. The number of carbonyl (C=O) groups is 3. The van der Waals surface area contributed by atoms with Crippen LogP contribution in [-0.2, 0) is 70.2 Å². The third-order valence-corrected chi connectivity index (χ3v) is 7.72. The van der Waals surface area contributed by atoms with Crippen molar-refractivity contribution in [3.05, 3.63) is 71.8 Å². The summed E-state index contributed by atoms with van der Waals surface area (Å²) in [7, 11) is 2.76. The predicted molar refractivity (Wildman–Crippen MR) is 159 cm³/mol. The van der Waals surface area contributed by atoms with Gasteiger partial charge in [0.05, 0.1) is 12.7 Å². The molecule has 2 heterocycles. The summed E-state index contributed by atoms with van der Waals surface area (Å²) in [5, 5.41) is 11.1. The molecule has 2 aromatic carbocycles. The van der Waals surface area contributed by atoms with Crippen molar-refractivity contribution in [2.75, 3.05) is 20.8 Å². The van der Waals surface area contributed by atoms with Crippen LogP contribution in [0.15, 0.2) is 60.7 Å². The van der Waals surface area contributed by atoms with Gasteiger partial charge < -0.3 is 47.7 Å². The summed E-state index contributed by atoms with van der Waals surface area (Å²) in [4.78, 5) is 37.2. The number of hydrogen-bond acceptors (Lipinski definition) is 13. The molecule has 46 heavy (non-hydrogen) atoms. The Morgan fingerprint density at radius 3 is 1.91 bits per heavy atom. The van der Waals surface area contributed by atoms with Gasteiger partial charge in [-0.05, 0) is 18.1 Å². The highest BCUT2D eigenvalue weighted by Crippen LogP contribution is 2.34. The predicted octanol–water partition coefficient (Wildman–Crippen LogP) is 2.10. The summed E-state index contributed by atoms with van der Waals surface area (Å²) in [6.07, 6.45) is -11.2. The van der Waals surface area contributed by atoms with E-state index in [4.69, 9.17) is 42.6 Å². The molecule has 13 heteroatoms. The van der Waals surface area contributed by atoms with Crippen molar-refractivity contribution in [1.82, 2.24) is 0 Å². The highest BCUT2D eigenvalue weighted by atomic mass is 16.7. The Labute approximate surface area is 267 Å². The molecule has 0 saturated carbocycles. The third-order valence-electron chi connectivity index (χ3n) is 7.72. The van der Waals surface area contributed by atoms with E-state index in [0.717, 1.165) is 11.1 Å². The smallest absolute Gasteiger partial charge is 0.338 e. The SMILES string of the molecule is COC1C(OCc2ccccc2)[C@@H](C)O[C@H](COC(C)=O)[C@H]1O[C@@H]1OC(C(=O)OCc2ccccc2)[C@H](O)[C@H](OC)C1OC(C)=O. The van der Waals surface area contributed by atoms with Crippen LogP contribution in [0.5, 0.6) is 0 Å². The minimum Gasteiger partial charge on any atom is -0.463 e. The standard InChI is InChI=1S/C33H42O13/c1-19-26(41-16-22-12-8-6-9-13-22)30(39-5)27(24(43-19)18-40-20(2)34)45-33-31(44-21(3)35)28(38-4)25(36)29(46-33)32(37)42-17-23-14-10-7-11-15-23/h6-15,19,24-31,33,36H,16-18H2,1-5H3/t19-,24-,25-,26?,27-,28+,29?,30?,31?,33-/m1/s1. The summed E-state index contributed by atoms with van der Waals surface area (Å²) in [6, 6.07) is 18.5. The first-order valence-corrected chi connectivity index (χ1v) is 15.0. The Morgan fingerprint density at radius 2 is 1.35 bits per heavy atom. The number of benzene rings is 2. The summed E-state index contributed by atoms with van der Waals surface area (Å²) in [5.74, 6) is -2.13. The van der Waals surface area contributed by atoms with Gasteiger partial charge >= 0.3 is 17.9 Å². The molecule has 2 saturated heterocycles. The van der Waals surface area contributed by atoms with Crippen molar-refractivity contribution in [2.24, 2.45) is 0 Å². The van der Waals surface area contributed by atoms with Crippen molar-refractivity contribution >= 4 is 17.9 Å². The second kappa shape index (κ2) is 16.9. The first-order chi connectivity index (χ1) is 22.1. The van der Waals surface area contributed by atoms with Crippen LogP contribution in [0.4, 0.5) is 0 Å². The molecule has 0 aromatic heterocycles. The Bertz CT molecular complexity index is 1260. The minimum absolute atomic E-state index is 0.0756. The van der Waals surface area contributed by atoms with Gasteiger partial charge in [-0.3, -0.25) is 9.59 Å². The molecule has 4 unspecified atom stereocenters. The highest BCUT2D eigenvalue weighted by molar-refractivity contribution is 5.76. The second-order valence-corrected chi connectivity index (χ2v) is 11.0. The second-order valence-electron chi connectivity index (χ2n) is 11.0. The maximum absolute atomic E-state index is 13.2. The Balaban J connectivity index is 1.61. The summed E-state index contributed by atoms with van der Waals surface area (Å²) in [6.45, 7) is 4.19. The number of ether oxygens (including phenoxy) is 9. The normalized spacial score (nSPS) is 31.1. The van der Waals surface area contributed by atoms with Crippen LogP contribution >= 0.6 is 0 Å². The number of rotatable bonds is 13. The number of carbonyl (C=O) groups excluding carboxylic acids is 3. The van der Waals surface area contributed by atoms with Crippen molar-refractivity contribution in [3.63, 3.8) is 0 Å². The molecule has 2 fully saturated rings. The molecule has 0 aliphatic carbocycles. The lowest BCUT2D eigenvalue weighted by Gasteiger charge is -2.48. The van der Waals surface area contributed by atoms with E-state index in [9.17, 15) is 19.5 Å². The zero-order valence-electron chi connectivity index (χ0n) is 26.5. The molecule has 252 valence electrons. The average molecular weight is 647 g/mol. The van der Waals surface area contributed by atoms with Gasteiger partial charge in [0.2, 0.25) is 0 Å². The van der Waals surface area contributed by atoms with Gasteiger partial charge in [-0.15, -0.1) is 0 Å². The summed E-state index contributed by atoms with van der Waals surface area (Å²) in [5.41, 5.74) is 1.64. The average Bonchev–Trinajstić information content (AvgIpc) is 3.04. The number of hydrogen-bond donors (Lipinski definition) is 1. The van der Waals surface area contributed by atoms with Gasteiger partial charge in [0.1, 0.15) is 49.8 Å². The van der Waals surface area contributed by atoms with E-state index >= 15 is 0 Å². The van der Waals surface area contributed by atoms with Crippen molar-refractivity contribution in [1.29, 1.82) is 0 Å². The quantitative estimate of drug-likeness (QED) is 0.250. The Morgan fingerprint density at radius 1 is 0.739 bits per heavy atom. The fourth-order valence-electron chi connectivity index (χ4n) is 5.54. The zero-order chi connectivity index (χ0) is 33.2. The Kier molecular flexibility index (Phi) is 13.0. The number of aliphatic hydroxyl groups is 1. The van der Waals surface area contributed by atoms with E-state index < -0.39 is 79.1 Å². The molecule has 1 N–H and O–H groups in total. The van der Waals surface area contributed by atoms with Gasteiger partial charge in [0.15, 0.2) is 18.5 Å². The van der Waals surface area contributed by atoms with Crippen LogP contribution in [0.2, 0.25) is 0 Å². The molecule has 0 radical (unpaired) electrons. The fourth-order valence-corrected chi connectivity index (χ4v) is 5.54. The van der Waals surface area contributed by atoms with Crippen LogP contribution in [0.1, 0.15) is 31.9 Å². The first kappa shape index (κ1) is 35.4. The molecule has 4 rings (SSSR count). The van der Waals surface area contributed by atoms with Crippen LogP contribution < -0.4 is 0 Å². The molecule has 2 aliphatic heterocycles. The van der Waals surface area contributed by atoms with E-state index in [1.807, 2.05) is 36.4 Å². The molecule has 10 atom stereocenters. The highest BCUT2D eigenvalue weighted by Gasteiger charge is 2.55. The molecular formula is C33H42O13. The molecule has 0 bridgehead atoms. The number of methoxy groups -OCH3 is 2. The molecule has 0 spiro atoms. The maximum atomic E-state index is 13.2. The van der Waals surface area contributed by atoms with E-state index in [1.54, 1.807) is 31.2 Å². The summed E-state index contributed by atoms with van der Waals surface area (Å²) < 4.78 is 52.6. The minimum atomic E-state index is -1.59. The van der Waals surface area contributed by atoms with E-state index in [2.05, 4.69) is 0 Å².